The third-order valence-electron chi connectivity index (χ3n) is 3.71. The van der Waals surface area contributed by atoms with Crippen molar-refractivity contribution in [3.05, 3.63) is 21.9 Å². The summed E-state index contributed by atoms with van der Waals surface area (Å²) < 4.78 is 0. The maximum atomic E-state index is 6.67. The Morgan fingerprint density at radius 2 is 2.06 bits per heavy atom. The van der Waals surface area contributed by atoms with Crippen LogP contribution in [0.5, 0.6) is 0 Å². The van der Waals surface area contributed by atoms with E-state index in [9.17, 15) is 0 Å². The summed E-state index contributed by atoms with van der Waals surface area (Å²) in [6, 6.07) is 2.28. The zero-order valence-corrected chi connectivity index (χ0v) is 11.7. The average Bonchev–Trinajstić information content (AvgIpc) is 2.47. The van der Waals surface area contributed by atoms with E-state index in [0.29, 0.717) is 5.41 Å². The van der Waals surface area contributed by atoms with Crippen LogP contribution in [0.15, 0.2) is 11.4 Å². The molecule has 90 valence electrons. The Bertz CT molecular complexity index is 380. The number of aryl methyl sites for hydroxylation is 1. The quantitative estimate of drug-likeness (QED) is 0.783. The van der Waals surface area contributed by atoms with Gasteiger partial charge in [-0.05, 0) is 54.5 Å². The fourth-order valence-electron chi connectivity index (χ4n) is 3.56. The first-order valence-electron chi connectivity index (χ1n) is 6.15. The van der Waals surface area contributed by atoms with Crippen LogP contribution in [0.3, 0.4) is 0 Å². The molecule has 1 aliphatic rings. The normalized spacial score (nSPS) is 33.9. The summed E-state index contributed by atoms with van der Waals surface area (Å²) in [5.41, 5.74) is 8.31. The fraction of sp³-hybridized carbons (Fsp3) is 0.714. The van der Waals surface area contributed by atoms with Gasteiger partial charge in [-0.15, -0.1) is 11.3 Å². The molecule has 0 aromatic carbocycles. The van der Waals surface area contributed by atoms with E-state index in [0.717, 1.165) is 18.8 Å². The molecule has 0 amide bonds. The van der Waals surface area contributed by atoms with Crippen LogP contribution in [0.1, 0.15) is 50.5 Å². The van der Waals surface area contributed by atoms with Crippen molar-refractivity contribution in [2.45, 2.75) is 52.5 Å². The number of nitrogens with two attached hydrogens (primary N) is 1. The monoisotopic (exact) mass is 237 g/mol. The molecule has 2 heteroatoms. The SMILES string of the molecule is Cc1cc(C2(N)CC(C)CC(C)(C)C2)cs1. The Labute approximate surface area is 103 Å². The molecule has 2 N–H and O–H groups in total. The highest BCUT2D eigenvalue weighted by Gasteiger charge is 2.41. The highest BCUT2D eigenvalue weighted by atomic mass is 32.1. The lowest BCUT2D eigenvalue weighted by Gasteiger charge is -2.45. The van der Waals surface area contributed by atoms with Gasteiger partial charge in [-0.3, -0.25) is 0 Å². The van der Waals surface area contributed by atoms with E-state index in [1.54, 1.807) is 0 Å². The van der Waals surface area contributed by atoms with Gasteiger partial charge in [0.2, 0.25) is 0 Å². The molecule has 2 atom stereocenters. The minimum Gasteiger partial charge on any atom is -0.321 e. The smallest absolute Gasteiger partial charge is 0.0425 e. The fourth-order valence-corrected chi connectivity index (χ4v) is 4.37. The topological polar surface area (TPSA) is 26.0 Å². The predicted molar refractivity (Wildman–Crippen MR) is 71.7 cm³/mol. The van der Waals surface area contributed by atoms with Crippen LogP contribution in [0.2, 0.25) is 0 Å². The summed E-state index contributed by atoms with van der Waals surface area (Å²) in [6.45, 7) is 9.20. The first-order chi connectivity index (χ1) is 7.31. The molecule has 1 saturated carbocycles. The van der Waals surface area contributed by atoms with Crippen molar-refractivity contribution in [2.24, 2.45) is 17.1 Å². The first kappa shape index (κ1) is 12.1. The minimum absolute atomic E-state index is 0.0913. The Balaban J connectivity index is 2.30. The van der Waals surface area contributed by atoms with Gasteiger partial charge >= 0.3 is 0 Å². The van der Waals surface area contributed by atoms with Gasteiger partial charge in [-0.2, -0.15) is 0 Å². The molecular weight excluding hydrogens is 214 g/mol. The summed E-state index contributed by atoms with van der Waals surface area (Å²) in [6.07, 6.45) is 3.54. The molecule has 2 unspecified atom stereocenters. The van der Waals surface area contributed by atoms with Gasteiger partial charge in [0, 0.05) is 10.4 Å². The lowest BCUT2D eigenvalue weighted by atomic mass is 9.63. The molecule has 0 saturated heterocycles. The summed E-state index contributed by atoms with van der Waals surface area (Å²) in [5.74, 6) is 0.731. The van der Waals surface area contributed by atoms with Crippen molar-refractivity contribution in [2.75, 3.05) is 0 Å². The molecular formula is C14H23NS. The van der Waals surface area contributed by atoms with Crippen molar-refractivity contribution in [1.29, 1.82) is 0 Å². The highest BCUT2D eigenvalue weighted by Crippen LogP contribution is 2.47. The summed E-state index contributed by atoms with van der Waals surface area (Å²) in [7, 11) is 0. The van der Waals surface area contributed by atoms with E-state index in [2.05, 4.69) is 39.1 Å². The molecule has 1 aromatic heterocycles. The number of hydrogen-bond donors (Lipinski definition) is 1. The molecule has 2 rings (SSSR count). The Morgan fingerprint density at radius 3 is 2.56 bits per heavy atom. The van der Waals surface area contributed by atoms with Gasteiger partial charge in [-0.1, -0.05) is 20.8 Å². The molecule has 0 radical (unpaired) electrons. The van der Waals surface area contributed by atoms with Crippen molar-refractivity contribution < 1.29 is 0 Å². The highest BCUT2D eigenvalue weighted by molar-refractivity contribution is 7.10. The predicted octanol–water partition coefficient (Wildman–Crippen LogP) is 4.06. The Kier molecular flexibility index (Phi) is 2.92. The second kappa shape index (κ2) is 3.85. The number of hydrogen-bond acceptors (Lipinski definition) is 2. The Hall–Kier alpha value is -0.340. The van der Waals surface area contributed by atoms with Gasteiger partial charge in [0.1, 0.15) is 0 Å². The minimum atomic E-state index is -0.0913. The van der Waals surface area contributed by atoms with E-state index in [1.807, 2.05) is 11.3 Å². The number of thiophene rings is 1. The Morgan fingerprint density at radius 1 is 1.38 bits per heavy atom. The summed E-state index contributed by atoms with van der Waals surface area (Å²) in [4.78, 5) is 1.37. The first-order valence-corrected chi connectivity index (χ1v) is 7.03. The van der Waals surface area contributed by atoms with E-state index >= 15 is 0 Å². The van der Waals surface area contributed by atoms with E-state index in [4.69, 9.17) is 5.73 Å². The van der Waals surface area contributed by atoms with Gasteiger partial charge in [0.05, 0.1) is 0 Å². The van der Waals surface area contributed by atoms with Crippen molar-refractivity contribution in [3.8, 4) is 0 Å². The third-order valence-corrected chi connectivity index (χ3v) is 4.57. The zero-order chi connectivity index (χ0) is 12.0. The largest absolute Gasteiger partial charge is 0.321 e. The zero-order valence-electron chi connectivity index (χ0n) is 10.8. The van der Waals surface area contributed by atoms with Gasteiger partial charge in [-0.25, -0.2) is 0 Å². The molecule has 1 fully saturated rings. The molecule has 0 bridgehead atoms. The second-order valence-corrected chi connectivity index (χ2v) is 7.57. The average molecular weight is 237 g/mol. The molecule has 0 spiro atoms. The van der Waals surface area contributed by atoms with Gasteiger partial charge in [0.15, 0.2) is 0 Å². The maximum Gasteiger partial charge on any atom is 0.0425 e. The third kappa shape index (κ3) is 2.33. The molecule has 1 aliphatic carbocycles. The van der Waals surface area contributed by atoms with E-state index in [1.165, 1.54) is 16.9 Å². The lowest BCUT2D eigenvalue weighted by Crippen LogP contribution is -2.46. The van der Waals surface area contributed by atoms with Crippen molar-refractivity contribution >= 4 is 11.3 Å². The van der Waals surface area contributed by atoms with Gasteiger partial charge < -0.3 is 5.73 Å². The molecule has 16 heavy (non-hydrogen) atoms. The second-order valence-electron chi connectivity index (χ2n) is 6.46. The van der Waals surface area contributed by atoms with Crippen LogP contribution < -0.4 is 5.73 Å². The van der Waals surface area contributed by atoms with Crippen LogP contribution in [0, 0.1) is 18.3 Å². The van der Waals surface area contributed by atoms with E-state index in [-0.39, 0.29) is 5.54 Å². The van der Waals surface area contributed by atoms with Crippen LogP contribution in [-0.2, 0) is 5.54 Å². The van der Waals surface area contributed by atoms with E-state index < -0.39 is 0 Å². The van der Waals surface area contributed by atoms with Crippen LogP contribution in [-0.4, -0.2) is 0 Å². The summed E-state index contributed by atoms with van der Waals surface area (Å²) >= 11 is 1.82. The molecule has 1 heterocycles. The standard InChI is InChI=1S/C14H23NS/c1-10-6-13(3,4)9-14(15,7-10)12-5-11(2)16-8-12/h5,8,10H,6-7,9,15H2,1-4H3. The van der Waals surface area contributed by atoms with Gasteiger partial charge in [0.25, 0.3) is 0 Å². The summed E-state index contributed by atoms with van der Waals surface area (Å²) in [5, 5.41) is 2.25. The van der Waals surface area contributed by atoms with Crippen LogP contribution >= 0.6 is 11.3 Å². The molecule has 0 aliphatic heterocycles. The maximum absolute atomic E-state index is 6.67. The number of rotatable bonds is 1. The lowest BCUT2D eigenvalue weighted by molar-refractivity contribution is 0.107. The van der Waals surface area contributed by atoms with Crippen molar-refractivity contribution in [3.63, 3.8) is 0 Å². The van der Waals surface area contributed by atoms with Crippen LogP contribution in [0.4, 0.5) is 0 Å². The molecule has 1 aromatic rings. The van der Waals surface area contributed by atoms with Crippen molar-refractivity contribution in [1.82, 2.24) is 0 Å². The van der Waals surface area contributed by atoms with Crippen LogP contribution in [0.25, 0.3) is 0 Å². The molecule has 1 nitrogen and oxygen atoms in total.